The van der Waals surface area contributed by atoms with E-state index in [0.29, 0.717) is 5.04 Å². The van der Waals surface area contributed by atoms with Gasteiger partial charge in [-0.05, 0) is 30.6 Å². The average molecular weight is 361 g/mol. The van der Waals surface area contributed by atoms with Crippen LogP contribution in [0, 0.1) is 0 Å². The van der Waals surface area contributed by atoms with Gasteiger partial charge in [0.1, 0.15) is 0 Å². The molecular formula is C17H33BrOSi. The summed E-state index contributed by atoms with van der Waals surface area (Å²) < 4.78 is 5.73. The molecule has 20 heavy (non-hydrogen) atoms. The van der Waals surface area contributed by atoms with Crippen molar-refractivity contribution in [1.29, 1.82) is 0 Å². The highest BCUT2D eigenvalue weighted by molar-refractivity contribution is 9.08. The van der Waals surface area contributed by atoms with E-state index in [2.05, 4.69) is 68.9 Å². The topological polar surface area (TPSA) is 9.23 Å². The highest BCUT2D eigenvalue weighted by Crippen LogP contribution is 2.36. The van der Waals surface area contributed by atoms with Gasteiger partial charge in [-0.3, -0.25) is 0 Å². The highest BCUT2D eigenvalue weighted by atomic mass is 79.9. The van der Waals surface area contributed by atoms with Crippen LogP contribution in [0.15, 0.2) is 30.3 Å². The van der Waals surface area contributed by atoms with Gasteiger partial charge in [-0.25, -0.2) is 0 Å². The molecular weight excluding hydrogens is 328 g/mol. The largest absolute Gasteiger partial charge is 0.417 e. The van der Waals surface area contributed by atoms with E-state index in [4.69, 9.17) is 4.43 Å². The SMILES string of the molecule is BrCc1ccccc1.CC.CCO[Si](C)(C)C(C)(C)C. The van der Waals surface area contributed by atoms with Crippen LogP contribution in [0.1, 0.15) is 47.1 Å². The van der Waals surface area contributed by atoms with Gasteiger partial charge in [0.05, 0.1) is 0 Å². The normalized spacial score (nSPS) is 10.8. The highest BCUT2D eigenvalue weighted by Gasteiger charge is 2.36. The number of alkyl halides is 1. The van der Waals surface area contributed by atoms with E-state index in [1.165, 1.54) is 5.56 Å². The zero-order chi connectivity index (χ0) is 16.2. The van der Waals surface area contributed by atoms with Crippen LogP contribution in [0.3, 0.4) is 0 Å². The molecule has 0 aliphatic carbocycles. The Hall–Kier alpha value is -0.123. The number of rotatable bonds is 3. The second-order valence-corrected chi connectivity index (χ2v) is 11.2. The van der Waals surface area contributed by atoms with Crippen molar-refractivity contribution in [3.8, 4) is 0 Å². The fourth-order valence-electron chi connectivity index (χ4n) is 1.14. The van der Waals surface area contributed by atoms with Crippen molar-refractivity contribution in [2.24, 2.45) is 0 Å². The third kappa shape index (κ3) is 9.73. The molecule has 0 N–H and O–H groups in total. The first-order valence-corrected chi connectivity index (χ1v) is 11.5. The van der Waals surface area contributed by atoms with Gasteiger partial charge in [-0.2, -0.15) is 0 Å². The summed E-state index contributed by atoms with van der Waals surface area (Å²) in [7, 11) is -1.40. The van der Waals surface area contributed by atoms with Gasteiger partial charge >= 0.3 is 0 Å². The van der Waals surface area contributed by atoms with Crippen molar-refractivity contribution in [3.63, 3.8) is 0 Å². The Bertz CT molecular complexity index is 318. The summed E-state index contributed by atoms with van der Waals surface area (Å²) in [5.41, 5.74) is 1.33. The maximum Gasteiger partial charge on any atom is 0.191 e. The lowest BCUT2D eigenvalue weighted by Gasteiger charge is -2.35. The first kappa shape index (κ1) is 22.2. The van der Waals surface area contributed by atoms with Crippen molar-refractivity contribution in [2.75, 3.05) is 6.61 Å². The lowest BCUT2D eigenvalue weighted by Crippen LogP contribution is -2.40. The van der Waals surface area contributed by atoms with Gasteiger partial charge in [0.25, 0.3) is 0 Å². The Labute approximate surface area is 136 Å². The van der Waals surface area contributed by atoms with Crippen LogP contribution >= 0.6 is 15.9 Å². The van der Waals surface area contributed by atoms with E-state index in [1.54, 1.807) is 0 Å². The molecule has 0 heterocycles. The van der Waals surface area contributed by atoms with E-state index in [9.17, 15) is 0 Å². The molecule has 0 aromatic heterocycles. The predicted molar refractivity (Wildman–Crippen MR) is 99.2 cm³/mol. The molecule has 1 aromatic carbocycles. The molecule has 0 radical (unpaired) electrons. The minimum absolute atomic E-state index is 0.364. The summed E-state index contributed by atoms with van der Waals surface area (Å²) in [4.78, 5) is 0. The fourth-order valence-corrected chi connectivity index (χ4v) is 2.67. The molecule has 0 saturated heterocycles. The molecule has 0 unspecified atom stereocenters. The second-order valence-electron chi connectivity index (χ2n) is 5.81. The van der Waals surface area contributed by atoms with Gasteiger partial charge in [0, 0.05) is 11.9 Å². The summed E-state index contributed by atoms with van der Waals surface area (Å²) in [5, 5.41) is 1.32. The lowest BCUT2D eigenvalue weighted by molar-refractivity contribution is 0.308. The van der Waals surface area contributed by atoms with Crippen molar-refractivity contribution < 1.29 is 4.43 Å². The Kier molecular flexibility index (Phi) is 12.8. The number of benzene rings is 1. The van der Waals surface area contributed by atoms with Crippen LogP contribution in [0.5, 0.6) is 0 Å². The lowest BCUT2D eigenvalue weighted by atomic mass is 10.2. The molecule has 1 aromatic rings. The van der Waals surface area contributed by atoms with Crippen LogP contribution in [0.25, 0.3) is 0 Å². The minimum Gasteiger partial charge on any atom is -0.417 e. The second kappa shape index (κ2) is 11.5. The summed E-state index contributed by atoms with van der Waals surface area (Å²) in [6.45, 7) is 18.3. The Morgan fingerprint density at radius 1 is 1.05 bits per heavy atom. The molecule has 0 spiro atoms. The molecule has 0 atom stereocenters. The van der Waals surface area contributed by atoms with E-state index < -0.39 is 8.32 Å². The Balaban J connectivity index is 0. The Morgan fingerprint density at radius 3 is 1.70 bits per heavy atom. The zero-order valence-corrected chi connectivity index (χ0v) is 17.2. The molecule has 0 bridgehead atoms. The van der Waals surface area contributed by atoms with E-state index >= 15 is 0 Å². The monoisotopic (exact) mass is 360 g/mol. The predicted octanol–water partition coefficient (Wildman–Crippen LogP) is 6.64. The quantitative estimate of drug-likeness (QED) is 0.433. The number of hydrogen-bond acceptors (Lipinski definition) is 1. The van der Waals surface area contributed by atoms with Gasteiger partial charge < -0.3 is 4.43 Å². The molecule has 1 rings (SSSR count). The fraction of sp³-hybridized carbons (Fsp3) is 0.647. The molecule has 1 nitrogen and oxygen atoms in total. The molecule has 0 amide bonds. The van der Waals surface area contributed by atoms with E-state index in [0.717, 1.165) is 11.9 Å². The number of hydrogen-bond donors (Lipinski definition) is 0. The summed E-state index contributed by atoms with van der Waals surface area (Å²) in [5.74, 6) is 0. The van der Waals surface area contributed by atoms with Gasteiger partial charge in [-0.1, -0.05) is 80.9 Å². The first-order chi connectivity index (χ1) is 9.24. The standard InChI is InChI=1S/C8H20OSi.C7H7Br.C2H6/c1-7-9-10(5,6)8(2,3)4;8-6-7-4-2-1-3-5-7;1-2/h7H2,1-6H3;1-5H,6H2;1-2H3. The first-order valence-electron chi connectivity index (χ1n) is 7.48. The third-order valence-corrected chi connectivity index (χ3v) is 8.58. The van der Waals surface area contributed by atoms with Gasteiger partial charge in [0.15, 0.2) is 8.32 Å². The molecule has 0 aliphatic rings. The van der Waals surface area contributed by atoms with Crippen molar-refractivity contribution >= 4 is 24.2 Å². The van der Waals surface area contributed by atoms with Crippen LogP contribution in [0.2, 0.25) is 18.1 Å². The molecule has 3 heteroatoms. The Morgan fingerprint density at radius 2 is 1.50 bits per heavy atom. The molecule has 0 aliphatic heterocycles. The molecule has 0 fully saturated rings. The van der Waals surface area contributed by atoms with E-state index in [-0.39, 0.29) is 0 Å². The maximum absolute atomic E-state index is 5.73. The summed E-state index contributed by atoms with van der Waals surface area (Å²) in [6, 6.07) is 10.3. The average Bonchev–Trinajstić information content (AvgIpc) is 2.41. The summed E-state index contributed by atoms with van der Waals surface area (Å²) >= 11 is 3.36. The summed E-state index contributed by atoms with van der Waals surface area (Å²) in [6.07, 6.45) is 0. The van der Waals surface area contributed by atoms with Crippen LogP contribution in [-0.4, -0.2) is 14.9 Å². The third-order valence-electron chi connectivity index (χ3n) is 3.31. The van der Waals surface area contributed by atoms with Crippen molar-refractivity contribution in [2.45, 2.75) is 65.0 Å². The minimum atomic E-state index is -1.40. The zero-order valence-electron chi connectivity index (χ0n) is 14.6. The van der Waals surface area contributed by atoms with Crippen molar-refractivity contribution in [1.82, 2.24) is 0 Å². The number of halogens is 1. The molecule has 0 saturated carbocycles. The van der Waals surface area contributed by atoms with Crippen LogP contribution < -0.4 is 0 Å². The van der Waals surface area contributed by atoms with Gasteiger partial charge in [-0.15, -0.1) is 0 Å². The van der Waals surface area contributed by atoms with Crippen LogP contribution in [0.4, 0.5) is 0 Å². The van der Waals surface area contributed by atoms with E-state index in [1.807, 2.05) is 32.0 Å². The van der Waals surface area contributed by atoms with Crippen molar-refractivity contribution in [3.05, 3.63) is 35.9 Å². The van der Waals surface area contributed by atoms with Gasteiger partial charge in [0.2, 0.25) is 0 Å². The molecule has 118 valence electrons. The van der Waals surface area contributed by atoms with Crippen LogP contribution in [-0.2, 0) is 9.76 Å². The maximum atomic E-state index is 5.73. The smallest absolute Gasteiger partial charge is 0.191 e.